The van der Waals surface area contributed by atoms with Crippen molar-refractivity contribution in [3.8, 4) is 0 Å². The van der Waals surface area contributed by atoms with Gasteiger partial charge in [-0.3, -0.25) is 0 Å². The second kappa shape index (κ2) is 5.22. The third-order valence-electron chi connectivity index (χ3n) is 2.54. The lowest BCUT2D eigenvalue weighted by atomic mass is 10.2. The van der Waals surface area contributed by atoms with E-state index >= 15 is 0 Å². The summed E-state index contributed by atoms with van der Waals surface area (Å²) in [6, 6.07) is 4.59. The standard InChI is InChI=1S/C11H9BrClFN2O2S/c1-7-15-11(19(13,17)18)6-16(7)5-8-2-3-10(14)9(12)4-8/h2-4,6H,5H2,1H3. The van der Waals surface area contributed by atoms with Crippen molar-refractivity contribution in [2.45, 2.75) is 18.5 Å². The molecule has 0 spiro atoms. The Balaban J connectivity index is 2.33. The number of hydrogen-bond acceptors (Lipinski definition) is 3. The third kappa shape index (κ3) is 3.34. The summed E-state index contributed by atoms with van der Waals surface area (Å²) in [5.74, 6) is 0.162. The molecule has 0 amide bonds. The SMILES string of the molecule is Cc1nc(S(=O)(=O)Cl)cn1Cc1ccc(F)c(Br)c1. The molecule has 0 aliphatic rings. The third-order valence-corrected chi connectivity index (χ3v) is 4.32. The Bertz CT molecular complexity index is 730. The average molecular weight is 368 g/mol. The van der Waals surface area contributed by atoms with E-state index in [4.69, 9.17) is 10.7 Å². The van der Waals surface area contributed by atoms with Crippen LogP contribution in [0.15, 0.2) is 33.9 Å². The Morgan fingerprint density at radius 1 is 1.47 bits per heavy atom. The van der Waals surface area contributed by atoms with Crippen LogP contribution in [0.5, 0.6) is 0 Å². The van der Waals surface area contributed by atoms with E-state index in [0.29, 0.717) is 16.8 Å². The van der Waals surface area contributed by atoms with Crippen LogP contribution in [0.1, 0.15) is 11.4 Å². The number of rotatable bonds is 3. The number of hydrogen-bond donors (Lipinski definition) is 0. The minimum absolute atomic E-state index is 0.187. The van der Waals surface area contributed by atoms with E-state index < -0.39 is 9.05 Å². The monoisotopic (exact) mass is 366 g/mol. The number of halogens is 3. The van der Waals surface area contributed by atoms with Gasteiger partial charge in [-0.1, -0.05) is 6.07 Å². The Kier molecular flexibility index (Phi) is 3.98. The van der Waals surface area contributed by atoms with Gasteiger partial charge in [0.15, 0.2) is 5.03 Å². The van der Waals surface area contributed by atoms with Crippen molar-refractivity contribution in [1.82, 2.24) is 9.55 Å². The van der Waals surface area contributed by atoms with Crippen LogP contribution in [0.2, 0.25) is 0 Å². The highest BCUT2D eigenvalue weighted by Crippen LogP contribution is 2.19. The van der Waals surface area contributed by atoms with Crippen molar-refractivity contribution >= 4 is 35.7 Å². The van der Waals surface area contributed by atoms with Crippen LogP contribution < -0.4 is 0 Å². The Hall–Kier alpha value is -0.920. The first-order chi connectivity index (χ1) is 8.77. The lowest BCUT2D eigenvalue weighted by molar-refractivity contribution is 0.606. The minimum atomic E-state index is -3.84. The quantitative estimate of drug-likeness (QED) is 0.784. The first-order valence-electron chi connectivity index (χ1n) is 5.20. The lowest BCUT2D eigenvalue weighted by Crippen LogP contribution is -2.01. The Morgan fingerprint density at radius 3 is 2.68 bits per heavy atom. The van der Waals surface area contributed by atoms with Crippen molar-refractivity contribution in [3.05, 3.63) is 46.1 Å². The molecule has 0 bridgehead atoms. The van der Waals surface area contributed by atoms with Crippen LogP contribution in [0.3, 0.4) is 0 Å². The fraction of sp³-hybridized carbons (Fsp3) is 0.182. The molecule has 0 saturated carbocycles. The van der Waals surface area contributed by atoms with Crippen LogP contribution in [-0.2, 0) is 15.6 Å². The smallest absolute Gasteiger partial charge is 0.280 e. The lowest BCUT2D eigenvalue weighted by Gasteiger charge is -2.05. The summed E-state index contributed by atoms with van der Waals surface area (Å²) in [6.45, 7) is 2.05. The summed E-state index contributed by atoms with van der Waals surface area (Å²) in [5.41, 5.74) is 0.812. The van der Waals surface area contributed by atoms with E-state index in [0.717, 1.165) is 5.56 Å². The fourth-order valence-electron chi connectivity index (χ4n) is 1.59. The topological polar surface area (TPSA) is 52.0 Å². The van der Waals surface area contributed by atoms with Crippen molar-refractivity contribution in [3.63, 3.8) is 0 Å². The summed E-state index contributed by atoms with van der Waals surface area (Å²) >= 11 is 3.10. The van der Waals surface area contributed by atoms with Gasteiger partial charge in [-0.15, -0.1) is 0 Å². The van der Waals surface area contributed by atoms with Crippen LogP contribution in [0.4, 0.5) is 4.39 Å². The predicted molar refractivity (Wildman–Crippen MR) is 73.2 cm³/mol. The van der Waals surface area contributed by atoms with E-state index in [1.54, 1.807) is 23.6 Å². The van der Waals surface area contributed by atoms with Crippen LogP contribution in [0.25, 0.3) is 0 Å². The van der Waals surface area contributed by atoms with Gasteiger partial charge < -0.3 is 4.57 Å². The molecule has 19 heavy (non-hydrogen) atoms. The average Bonchev–Trinajstić information content (AvgIpc) is 2.65. The van der Waals surface area contributed by atoms with Gasteiger partial charge in [0.2, 0.25) is 0 Å². The molecule has 1 aromatic carbocycles. The summed E-state index contributed by atoms with van der Waals surface area (Å²) in [4.78, 5) is 3.88. The Labute approximate surface area is 122 Å². The first kappa shape index (κ1) is 14.5. The van der Waals surface area contributed by atoms with Gasteiger partial charge in [0.1, 0.15) is 11.6 Å². The van der Waals surface area contributed by atoms with Crippen LogP contribution in [-0.4, -0.2) is 18.0 Å². The molecule has 2 aromatic rings. The highest BCUT2D eigenvalue weighted by molar-refractivity contribution is 9.10. The number of imidazole rings is 1. The zero-order chi connectivity index (χ0) is 14.2. The van der Waals surface area contributed by atoms with Crippen molar-refractivity contribution in [1.29, 1.82) is 0 Å². The minimum Gasteiger partial charge on any atom is -0.329 e. The molecule has 4 nitrogen and oxygen atoms in total. The molecule has 2 rings (SSSR count). The largest absolute Gasteiger partial charge is 0.329 e. The molecule has 0 N–H and O–H groups in total. The molecular formula is C11H9BrClFN2O2S. The molecule has 8 heteroatoms. The maximum atomic E-state index is 13.1. The summed E-state index contributed by atoms with van der Waals surface area (Å²) in [5, 5.41) is -0.187. The van der Waals surface area contributed by atoms with Gasteiger partial charge in [0, 0.05) is 23.4 Å². The zero-order valence-corrected chi connectivity index (χ0v) is 12.9. The van der Waals surface area contributed by atoms with Gasteiger partial charge in [0.05, 0.1) is 4.47 Å². The maximum absolute atomic E-state index is 13.1. The molecule has 1 heterocycles. The van der Waals surface area contributed by atoms with Crippen LogP contribution in [0, 0.1) is 12.7 Å². The molecule has 1 aromatic heterocycles. The van der Waals surface area contributed by atoms with Crippen molar-refractivity contribution in [2.75, 3.05) is 0 Å². The van der Waals surface area contributed by atoms with Gasteiger partial charge in [0.25, 0.3) is 9.05 Å². The van der Waals surface area contributed by atoms with Gasteiger partial charge in [-0.2, -0.15) is 0 Å². The second-order valence-corrected chi connectivity index (χ2v) is 7.31. The molecule has 0 radical (unpaired) electrons. The summed E-state index contributed by atoms with van der Waals surface area (Å²) < 4.78 is 37.5. The predicted octanol–water partition coefficient (Wildman–Crippen LogP) is 3.07. The highest BCUT2D eigenvalue weighted by atomic mass is 79.9. The molecule has 0 aliphatic carbocycles. The number of nitrogens with zero attached hydrogens (tertiary/aromatic N) is 2. The highest BCUT2D eigenvalue weighted by Gasteiger charge is 2.16. The summed E-state index contributed by atoms with van der Waals surface area (Å²) in [7, 11) is 1.39. The van der Waals surface area contributed by atoms with Crippen molar-refractivity contribution in [2.24, 2.45) is 0 Å². The molecular weight excluding hydrogens is 359 g/mol. The van der Waals surface area contributed by atoms with Gasteiger partial charge in [-0.05, 0) is 40.5 Å². The number of benzene rings is 1. The van der Waals surface area contributed by atoms with Crippen LogP contribution >= 0.6 is 26.6 Å². The van der Waals surface area contributed by atoms with Crippen molar-refractivity contribution < 1.29 is 12.8 Å². The van der Waals surface area contributed by atoms with E-state index in [1.807, 2.05) is 0 Å². The molecule has 0 fully saturated rings. The number of aromatic nitrogens is 2. The molecule has 102 valence electrons. The molecule has 0 saturated heterocycles. The van der Waals surface area contributed by atoms with E-state index in [2.05, 4.69) is 20.9 Å². The molecule has 0 unspecified atom stereocenters. The maximum Gasteiger partial charge on any atom is 0.280 e. The zero-order valence-electron chi connectivity index (χ0n) is 9.77. The normalized spacial score (nSPS) is 11.8. The molecule has 0 atom stereocenters. The van der Waals surface area contributed by atoms with Gasteiger partial charge in [-0.25, -0.2) is 17.8 Å². The second-order valence-electron chi connectivity index (χ2n) is 3.94. The Morgan fingerprint density at radius 2 is 2.16 bits per heavy atom. The number of aryl methyl sites for hydroxylation is 1. The van der Waals surface area contributed by atoms with E-state index in [1.165, 1.54) is 12.3 Å². The molecule has 0 aliphatic heterocycles. The first-order valence-corrected chi connectivity index (χ1v) is 8.30. The van der Waals surface area contributed by atoms with E-state index in [9.17, 15) is 12.8 Å². The summed E-state index contributed by atoms with van der Waals surface area (Å²) in [6.07, 6.45) is 1.36. The van der Waals surface area contributed by atoms with Gasteiger partial charge >= 0.3 is 0 Å². The fourth-order valence-corrected chi connectivity index (χ4v) is 2.74. The van der Waals surface area contributed by atoms with E-state index in [-0.39, 0.29) is 10.8 Å².